The number of hydrazine groups is 2. The second kappa shape index (κ2) is 23.9. The van der Waals surface area contributed by atoms with Crippen molar-refractivity contribution >= 4 is 92.9 Å². The van der Waals surface area contributed by atoms with Crippen molar-refractivity contribution in [3.8, 4) is 0 Å². The number of rotatable bonds is 6. The van der Waals surface area contributed by atoms with Crippen molar-refractivity contribution in [3.05, 3.63) is 176 Å². The summed E-state index contributed by atoms with van der Waals surface area (Å²) in [6, 6.07) is 37.6. The largest absolute Gasteiger partial charge is 0.317 e. The molecule has 5 aliphatic rings. The fraction of sp³-hybridized carbons (Fsp3) is 0.273. The number of fused-ring (bicyclic) bond motifs is 4. The topological polar surface area (TPSA) is 101 Å². The quantitative estimate of drug-likeness (QED) is 0.152. The number of carbonyl (C=O) groups excluding carboxylic acids is 2. The predicted octanol–water partition coefficient (Wildman–Crippen LogP) is 13.8. The first kappa shape index (κ1) is 49.9. The Bertz CT molecular complexity index is 2730. The summed E-state index contributed by atoms with van der Waals surface area (Å²) >= 11 is 21.8. The van der Waals surface area contributed by atoms with E-state index < -0.39 is 5.82 Å². The molecule has 3 saturated heterocycles. The van der Waals surface area contributed by atoms with E-state index >= 15 is 0 Å². The third-order valence-electron chi connectivity index (χ3n) is 12.5. The van der Waals surface area contributed by atoms with Crippen molar-refractivity contribution in [1.29, 1.82) is 0 Å². The van der Waals surface area contributed by atoms with E-state index in [1.807, 2.05) is 94.9 Å². The molecule has 70 heavy (non-hydrogen) atoms. The zero-order valence-corrected chi connectivity index (χ0v) is 42.5. The Morgan fingerprint density at radius 2 is 0.957 bits per heavy atom. The maximum Gasteiger partial charge on any atom is 0.265 e. The summed E-state index contributed by atoms with van der Waals surface area (Å²) in [7, 11) is 0. The van der Waals surface area contributed by atoms with Gasteiger partial charge in [-0.05, 0) is 130 Å². The number of halogens is 4. The summed E-state index contributed by atoms with van der Waals surface area (Å²) in [4.78, 5) is 39.8. The highest BCUT2D eigenvalue weighted by molar-refractivity contribution is 7.99. The fourth-order valence-corrected chi connectivity index (χ4v) is 11.2. The van der Waals surface area contributed by atoms with Crippen LogP contribution in [0.25, 0.3) is 0 Å². The Morgan fingerprint density at radius 1 is 0.500 bits per heavy atom. The molecule has 0 atom stereocenters. The molecule has 3 N–H and O–H groups in total. The van der Waals surface area contributed by atoms with E-state index in [0.29, 0.717) is 32.6 Å². The minimum atomic E-state index is -0.468. The molecule has 0 radical (unpaired) electrons. The number of nitrogens with zero attached hydrogens (tertiary/aromatic N) is 4. The smallest absolute Gasteiger partial charge is 0.265 e. The average molecular weight is 1030 g/mol. The van der Waals surface area contributed by atoms with Gasteiger partial charge in [0.15, 0.2) is 0 Å². The highest BCUT2D eigenvalue weighted by atomic mass is 35.5. The molecule has 15 heteroatoms. The summed E-state index contributed by atoms with van der Waals surface area (Å²) in [5.74, 6) is -0.708. The molecule has 6 aromatic rings. The van der Waals surface area contributed by atoms with Crippen LogP contribution in [0, 0.1) is 5.82 Å². The SMILES string of the molecule is C1CCNCC1.O=C(NN1CCCCC1)c1ccc2c(c1)N=C(c1ccc(Cl)c(Cl)c1)c1ccccc1S2.O=C(NN1CCCCC1)c1ccc2c(c1)N=C(c1ccc(F)c(Cl)c1)c1ccccc1S2. The number of hydrogen-bond acceptors (Lipinski definition) is 9. The summed E-state index contributed by atoms with van der Waals surface area (Å²) in [5, 5.41) is 8.31. The van der Waals surface area contributed by atoms with E-state index in [0.717, 1.165) is 105 Å². The zero-order valence-electron chi connectivity index (χ0n) is 38.6. The first-order valence-electron chi connectivity index (χ1n) is 23.9. The third kappa shape index (κ3) is 12.5. The molecule has 6 aromatic carbocycles. The molecule has 0 aromatic heterocycles. The van der Waals surface area contributed by atoms with Crippen LogP contribution in [0.15, 0.2) is 151 Å². The van der Waals surface area contributed by atoms with Crippen molar-refractivity contribution in [2.45, 2.75) is 77.4 Å². The maximum atomic E-state index is 13.8. The predicted molar refractivity (Wildman–Crippen MR) is 285 cm³/mol. The van der Waals surface area contributed by atoms with Crippen LogP contribution < -0.4 is 16.2 Å². The molecule has 9 nitrogen and oxygen atoms in total. The molecule has 2 amide bonds. The van der Waals surface area contributed by atoms with Crippen LogP contribution in [0.3, 0.4) is 0 Å². The summed E-state index contributed by atoms with van der Waals surface area (Å²) in [5.41, 5.74) is 13.7. The molecule has 0 bridgehead atoms. The number of carbonyl (C=O) groups is 2. The van der Waals surface area contributed by atoms with Gasteiger partial charge in [0, 0.05) is 79.1 Å². The second-order valence-electron chi connectivity index (χ2n) is 17.5. The number of aliphatic imine (C=N–C) groups is 2. The van der Waals surface area contributed by atoms with Gasteiger partial charge < -0.3 is 5.32 Å². The molecule has 11 rings (SSSR count). The van der Waals surface area contributed by atoms with Crippen molar-refractivity contribution < 1.29 is 14.0 Å². The van der Waals surface area contributed by atoms with Gasteiger partial charge in [-0.15, -0.1) is 0 Å². The van der Waals surface area contributed by atoms with Crippen molar-refractivity contribution in [1.82, 2.24) is 26.2 Å². The van der Waals surface area contributed by atoms with Crippen molar-refractivity contribution in [3.63, 3.8) is 0 Å². The number of nitrogens with one attached hydrogen (secondary N) is 3. The average Bonchev–Trinajstić information content (AvgIpc) is 3.67. The minimum absolute atomic E-state index is 0.0504. The first-order valence-corrected chi connectivity index (χ1v) is 26.7. The first-order chi connectivity index (χ1) is 34.2. The number of amides is 2. The number of piperidine rings is 3. The van der Waals surface area contributed by atoms with E-state index in [1.165, 1.54) is 51.3 Å². The Labute approximate surface area is 432 Å². The van der Waals surface area contributed by atoms with Gasteiger partial charge in [0.25, 0.3) is 11.8 Å². The Balaban J connectivity index is 0.000000155. The van der Waals surface area contributed by atoms with Crippen molar-refractivity contribution in [2.24, 2.45) is 9.98 Å². The highest BCUT2D eigenvalue weighted by Gasteiger charge is 2.24. The molecule has 0 saturated carbocycles. The molecule has 360 valence electrons. The molecule has 0 spiro atoms. The van der Waals surface area contributed by atoms with Crippen LogP contribution in [0.5, 0.6) is 0 Å². The molecular weight excluding hydrogens is 980 g/mol. The molecule has 5 aliphatic heterocycles. The van der Waals surface area contributed by atoms with Crippen molar-refractivity contribution in [2.75, 3.05) is 39.3 Å². The van der Waals surface area contributed by atoms with Gasteiger partial charge in [-0.25, -0.2) is 24.4 Å². The minimum Gasteiger partial charge on any atom is -0.317 e. The molecule has 3 fully saturated rings. The summed E-state index contributed by atoms with van der Waals surface area (Å²) in [6.45, 7) is 6.02. The normalized spacial score (nSPS) is 16.6. The number of hydrogen-bond donors (Lipinski definition) is 3. The monoisotopic (exact) mass is 1030 g/mol. The Hall–Kier alpha value is -5.02. The molecule has 5 heterocycles. The lowest BCUT2D eigenvalue weighted by Crippen LogP contribution is -2.45. The van der Waals surface area contributed by atoms with Crippen LogP contribution in [0.4, 0.5) is 15.8 Å². The van der Waals surface area contributed by atoms with E-state index in [-0.39, 0.29) is 16.8 Å². The standard InChI is InChI=1S/C25H21Cl2N3OS.C25H21ClFN3OS.C5H11N/c26-19-10-8-16(14-20(19)27)24-18-6-2-3-7-22(18)32-23-11-9-17(15-21(23)28-24)25(31)29-30-12-4-1-5-13-30;26-19-14-16(8-10-20(19)27)24-18-6-2-3-7-22(18)32-23-11-9-17(15-21(23)28-24)25(31)29-30-12-4-1-5-13-30;1-2-4-6-5-3-1/h2*2-3,6-11,14-15H,1,4-5,12-13H2,(H,29,31);6H,1-5H2. The van der Waals surface area contributed by atoms with E-state index in [4.69, 9.17) is 44.8 Å². The van der Waals surface area contributed by atoms with Crippen LogP contribution >= 0.6 is 58.3 Å². The molecule has 0 aliphatic carbocycles. The fourth-order valence-electron chi connectivity index (χ4n) is 8.72. The molecular formula is C55H53Cl3FN7O2S2. The van der Waals surface area contributed by atoms with E-state index in [2.05, 4.69) is 28.3 Å². The van der Waals surface area contributed by atoms with E-state index in [9.17, 15) is 14.0 Å². The summed E-state index contributed by atoms with van der Waals surface area (Å²) in [6.07, 6.45) is 11.0. The van der Waals surface area contributed by atoms with Crippen LogP contribution in [0.1, 0.15) is 101 Å². The van der Waals surface area contributed by atoms with Gasteiger partial charge in [0.05, 0.1) is 37.9 Å². The van der Waals surface area contributed by atoms with Gasteiger partial charge in [0.2, 0.25) is 0 Å². The third-order valence-corrected chi connectivity index (χ3v) is 15.8. The Kier molecular flexibility index (Phi) is 17.1. The van der Waals surface area contributed by atoms with Crippen LogP contribution in [-0.2, 0) is 0 Å². The van der Waals surface area contributed by atoms with Gasteiger partial charge in [-0.3, -0.25) is 20.4 Å². The Morgan fingerprint density at radius 3 is 1.40 bits per heavy atom. The lowest BCUT2D eigenvalue weighted by molar-refractivity contribution is 0.0743. The van der Waals surface area contributed by atoms with E-state index in [1.54, 1.807) is 41.7 Å². The highest BCUT2D eigenvalue weighted by Crippen LogP contribution is 2.43. The lowest BCUT2D eigenvalue weighted by Gasteiger charge is -2.26. The van der Waals surface area contributed by atoms with Gasteiger partial charge in [-0.1, -0.05) is 120 Å². The summed E-state index contributed by atoms with van der Waals surface area (Å²) < 4.78 is 13.8. The van der Waals surface area contributed by atoms with Gasteiger partial charge >= 0.3 is 0 Å². The molecule has 0 unspecified atom stereocenters. The maximum absolute atomic E-state index is 13.8. The zero-order chi connectivity index (χ0) is 48.4. The van der Waals surface area contributed by atoms with Gasteiger partial charge in [0.1, 0.15) is 5.82 Å². The van der Waals surface area contributed by atoms with Gasteiger partial charge in [-0.2, -0.15) is 0 Å². The van der Waals surface area contributed by atoms with Crippen LogP contribution in [-0.4, -0.2) is 72.5 Å². The number of benzene rings is 6. The van der Waals surface area contributed by atoms with Crippen LogP contribution in [0.2, 0.25) is 15.1 Å². The lowest BCUT2D eigenvalue weighted by atomic mass is 10.0. The second-order valence-corrected chi connectivity index (χ2v) is 20.9.